The smallest absolute Gasteiger partial charge is 0.428 e. The second-order valence-corrected chi connectivity index (χ2v) is 6.43. The summed E-state index contributed by atoms with van der Waals surface area (Å²) in [6.07, 6.45) is -42.5. The SMILES string of the molecule is O=Cc1ccc(C=O)c(OC(F)(F)C(F)OC(F)(F)C(F)(OC(F)(F)C(F)(F)C(F)(F)F)C(F)(F)F)c1. The van der Waals surface area contributed by atoms with Crippen molar-refractivity contribution in [2.45, 2.75) is 48.8 Å². The lowest BCUT2D eigenvalue weighted by Crippen LogP contribution is -2.66. The molecular formula is C16H6F16O5. The molecule has 2 unspecified atom stereocenters. The van der Waals surface area contributed by atoms with Crippen LogP contribution in [0.3, 0.4) is 0 Å². The predicted octanol–water partition coefficient (Wildman–Crippen LogP) is 6.22. The van der Waals surface area contributed by atoms with Gasteiger partial charge < -0.3 is 4.74 Å². The van der Waals surface area contributed by atoms with Gasteiger partial charge >= 0.3 is 48.8 Å². The largest absolute Gasteiger partial charge is 0.462 e. The van der Waals surface area contributed by atoms with Crippen LogP contribution in [-0.4, -0.2) is 61.4 Å². The van der Waals surface area contributed by atoms with Gasteiger partial charge in [0.25, 0.3) is 0 Å². The first-order chi connectivity index (χ1) is 16.3. The van der Waals surface area contributed by atoms with Gasteiger partial charge in [0.2, 0.25) is 0 Å². The molecule has 0 bridgehead atoms. The van der Waals surface area contributed by atoms with E-state index in [4.69, 9.17) is 0 Å². The van der Waals surface area contributed by atoms with Gasteiger partial charge in [0.1, 0.15) is 12.0 Å². The van der Waals surface area contributed by atoms with Gasteiger partial charge in [-0.25, -0.2) is 4.39 Å². The third-order valence-corrected chi connectivity index (χ3v) is 3.79. The van der Waals surface area contributed by atoms with E-state index in [0.29, 0.717) is 6.07 Å². The molecule has 0 saturated carbocycles. The molecule has 0 aliphatic rings. The number of aldehydes is 2. The lowest BCUT2D eigenvalue weighted by Gasteiger charge is -2.38. The second-order valence-electron chi connectivity index (χ2n) is 6.43. The molecule has 0 saturated heterocycles. The maximum Gasteiger partial charge on any atom is 0.462 e. The van der Waals surface area contributed by atoms with Crippen molar-refractivity contribution in [3.05, 3.63) is 29.3 Å². The number of carbonyl (C=O) groups is 2. The normalized spacial score (nSPS) is 16.6. The first-order valence-corrected chi connectivity index (χ1v) is 8.38. The molecule has 2 atom stereocenters. The number of rotatable bonds is 11. The highest BCUT2D eigenvalue weighted by atomic mass is 19.4. The minimum atomic E-state index is -7.83. The van der Waals surface area contributed by atoms with Crippen molar-refractivity contribution in [3.63, 3.8) is 0 Å². The van der Waals surface area contributed by atoms with Gasteiger partial charge in [-0.1, -0.05) is 6.07 Å². The highest BCUT2D eigenvalue weighted by Gasteiger charge is 2.84. The third-order valence-electron chi connectivity index (χ3n) is 3.79. The Morgan fingerprint density at radius 1 is 0.703 bits per heavy atom. The molecule has 0 fully saturated rings. The minimum absolute atomic E-state index is 0.105. The standard InChI is InChI=1S/C16H6F16O5/c17-9(10(18,19)35-8-3-6(4-33)1-2-7(8)5-34)36-16(31,32)12(22,14(26,27)28)37-15(29,30)11(20,21)13(23,24)25/h1-5,9H. The molecule has 0 aliphatic carbocycles. The summed E-state index contributed by atoms with van der Waals surface area (Å²) in [7, 11) is 0. The van der Waals surface area contributed by atoms with E-state index in [1.807, 2.05) is 0 Å². The summed E-state index contributed by atoms with van der Waals surface area (Å²) in [5.74, 6) is -17.2. The number of hydrogen-bond donors (Lipinski definition) is 0. The van der Waals surface area contributed by atoms with Crippen molar-refractivity contribution in [2.24, 2.45) is 0 Å². The summed E-state index contributed by atoms with van der Waals surface area (Å²) in [5.41, 5.74) is -1.60. The molecule has 0 aromatic heterocycles. The summed E-state index contributed by atoms with van der Waals surface area (Å²) in [4.78, 5) is 21.4. The number of benzene rings is 1. The molecule has 1 rings (SSSR count). The molecule has 0 aliphatic heterocycles. The Balaban J connectivity index is 3.42. The number of halogens is 16. The van der Waals surface area contributed by atoms with Crippen LogP contribution in [0.1, 0.15) is 20.7 Å². The minimum Gasteiger partial charge on any atom is -0.428 e. The van der Waals surface area contributed by atoms with Gasteiger partial charge in [0.15, 0.2) is 6.29 Å². The summed E-state index contributed by atoms with van der Waals surface area (Å²) < 4.78 is 216. The lowest BCUT2D eigenvalue weighted by atomic mass is 10.1. The fraction of sp³-hybridized carbons (Fsp3) is 0.500. The zero-order valence-corrected chi connectivity index (χ0v) is 16.6. The van der Waals surface area contributed by atoms with Crippen molar-refractivity contribution < 1.29 is 94.0 Å². The molecule has 0 heterocycles. The maximum atomic E-state index is 13.9. The van der Waals surface area contributed by atoms with E-state index in [1.165, 1.54) is 4.74 Å². The van der Waals surface area contributed by atoms with Gasteiger partial charge in [-0.05, 0) is 12.1 Å². The van der Waals surface area contributed by atoms with Crippen LogP contribution < -0.4 is 4.74 Å². The molecule has 1 aromatic rings. The second kappa shape index (κ2) is 9.80. The van der Waals surface area contributed by atoms with Crippen LogP contribution in [0.25, 0.3) is 0 Å². The van der Waals surface area contributed by atoms with Gasteiger partial charge in [0, 0.05) is 5.56 Å². The quantitative estimate of drug-likeness (QED) is 0.229. The zero-order chi connectivity index (χ0) is 29.5. The highest BCUT2D eigenvalue weighted by Crippen LogP contribution is 2.55. The van der Waals surface area contributed by atoms with Crippen molar-refractivity contribution in [2.75, 3.05) is 0 Å². The molecule has 37 heavy (non-hydrogen) atoms. The summed E-state index contributed by atoms with van der Waals surface area (Å²) >= 11 is 0. The average Bonchev–Trinajstić information content (AvgIpc) is 2.70. The van der Waals surface area contributed by atoms with Gasteiger partial charge in [-0.15, -0.1) is 0 Å². The van der Waals surface area contributed by atoms with Crippen molar-refractivity contribution in [1.82, 2.24) is 0 Å². The van der Waals surface area contributed by atoms with Crippen LogP contribution in [-0.2, 0) is 9.47 Å². The van der Waals surface area contributed by atoms with Crippen LogP contribution in [0.4, 0.5) is 70.2 Å². The van der Waals surface area contributed by atoms with Gasteiger partial charge in [-0.2, -0.15) is 65.9 Å². The van der Waals surface area contributed by atoms with E-state index in [2.05, 4.69) is 9.47 Å². The number of ether oxygens (including phenoxy) is 3. The Bertz CT molecular complexity index is 988. The molecular weight excluding hydrogens is 576 g/mol. The van der Waals surface area contributed by atoms with Gasteiger partial charge in [0.05, 0.1) is 5.56 Å². The first-order valence-electron chi connectivity index (χ1n) is 8.38. The van der Waals surface area contributed by atoms with E-state index >= 15 is 0 Å². The van der Waals surface area contributed by atoms with Gasteiger partial charge in [-0.3, -0.25) is 19.1 Å². The van der Waals surface area contributed by atoms with E-state index in [9.17, 15) is 79.8 Å². The summed E-state index contributed by atoms with van der Waals surface area (Å²) in [6.45, 7) is 0. The number of alkyl halides is 16. The van der Waals surface area contributed by atoms with Crippen molar-refractivity contribution >= 4 is 12.6 Å². The fourth-order valence-corrected chi connectivity index (χ4v) is 1.97. The average molecular weight is 582 g/mol. The Hall–Kier alpha value is -2.84. The Morgan fingerprint density at radius 3 is 1.62 bits per heavy atom. The molecule has 5 nitrogen and oxygen atoms in total. The topological polar surface area (TPSA) is 61.8 Å². The Kier molecular flexibility index (Phi) is 8.53. The van der Waals surface area contributed by atoms with Crippen LogP contribution in [0.2, 0.25) is 0 Å². The lowest BCUT2D eigenvalue weighted by molar-refractivity contribution is -0.543. The molecule has 0 spiro atoms. The predicted molar refractivity (Wildman–Crippen MR) is 80.6 cm³/mol. The molecule has 0 radical (unpaired) electrons. The Morgan fingerprint density at radius 2 is 1.22 bits per heavy atom. The molecule has 0 amide bonds. The van der Waals surface area contributed by atoms with Crippen molar-refractivity contribution in [1.29, 1.82) is 0 Å². The molecule has 212 valence electrons. The summed E-state index contributed by atoms with van der Waals surface area (Å²) in [6, 6.07) is 1.51. The van der Waals surface area contributed by atoms with Crippen LogP contribution in [0.15, 0.2) is 18.2 Å². The fourth-order valence-electron chi connectivity index (χ4n) is 1.97. The van der Waals surface area contributed by atoms with E-state index in [0.717, 1.165) is 6.07 Å². The maximum absolute atomic E-state index is 13.9. The van der Waals surface area contributed by atoms with Crippen LogP contribution in [0, 0.1) is 0 Å². The van der Waals surface area contributed by atoms with E-state index in [1.54, 1.807) is 0 Å². The van der Waals surface area contributed by atoms with Crippen molar-refractivity contribution in [3.8, 4) is 5.75 Å². The van der Waals surface area contributed by atoms with E-state index in [-0.39, 0.29) is 18.6 Å². The molecule has 21 heteroatoms. The van der Waals surface area contributed by atoms with E-state index < -0.39 is 65.7 Å². The first kappa shape index (κ1) is 32.2. The molecule has 0 N–H and O–H groups in total. The van der Waals surface area contributed by atoms with Crippen LogP contribution in [0.5, 0.6) is 5.75 Å². The number of carbonyl (C=O) groups excluding carboxylic acids is 2. The molecule has 1 aromatic carbocycles. The summed E-state index contributed by atoms with van der Waals surface area (Å²) in [5, 5.41) is 0. The third kappa shape index (κ3) is 6.18. The zero-order valence-electron chi connectivity index (χ0n) is 16.6. The Labute approximate surface area is 191 Å². The highest BCUT2D eigenvalue weighted by molar-refractivity contribution is 5.83. The monoisotopic (exact) mass is 582 g/mol. The van der Waals surface area contributed by atoms with Crippen LogP contribution >= 0.6 is 0 Å². The number of hydrogen-bond acceptors (Lipinski definition) is 5.